The van der Waals surface area contributed by atoms with Gasteiger partial charge in [0.05, 0.1) is 11.2 Å². The molecule has 2 aromatic carbocycles. The van der Waals surface area contributed by atoms with Crippen molar-refractivity contribution in [2.75, 3.05) is 4.90 Å². The molecule has 1 saturated carbocycles. The van der Waals surface area contributed by atoms with Gasteiger partial charge in [-0.2, -0.15) is 0 Å². The van der Waals surface area contributed by atoms with Crippen LogP contribution in [0.4, 0.5) is 5.69 Å². The first-order valence-corrected chi connectivity index (χ1v) is 9.66. The van der Waals surface area contributed by atoms with Gasteiger partial charge in [-0.05, 0) is 36.5 Å². The summed E-state index contributed by atoms with van der Waals surface area (Å²) in [5, 5.41) is 9.71. The van der Waals surface area contributed by atoms with Crippen molar-refractivity contribution in [2.45, 2.75) is 24.8 Å². The summed E-state index contributed by atoms with van der Waals surface area (Å²) in [4.78, 5) is 26.6. The van der Waals surface area contributed by atoms with Gasteiger partial charge >= 0.3 is 5.97 Å². The van der Waals surface area contributed by atoms with Crippen molar-refractivity contribution in [3.63, 3.8) is 0 Å². The van der Waals surface area contributed by atoms with Crippen molar-refractivity contribution in [1.82, 2.24) is 0 Å². The summed E-state index contributed by atoms with van der Waals surface area (Å²) in [6.07, 6.45) is 3.26. The molecule has 1 aliphatic rings. The molecule has 0 radical (unpaired) electrons. The van der Waals surface area contributed by atoms with Gasteiger partial charge in [0, 0.05) is 4.88 Å². The van der Waals surface area contributed by atoms with E-state index in [-0.39, 0.29) is 10.4 Å². The number of anilines is 1. The van der Waals surface area contributed by atoms with E-state index in [1.54, 1.807) is 4.90 Å². The molecule has 0 bridgehead atoms. The maximum atomic E-state index is 12.0. The zero-order valence-electron chi connectivity index (χ0n) is 14.7. The normalized spacial score (nSPS) is 14.5. The smallest absolute Gasteiger partial charge is 0.348 e. The van der Waals surface area contributed by atoms with Crippen molar-refractivity contribution in [3.05, 3.63) is 77.2 Å². The summed E-state index contributed by atoms with van der Waals surface area (Å²) in [5.74, 6) is -1.00. The van der Waals surface area contributed by atoms with Crippen LogP contribution >= 0.6 is 11.3 Å². The van der Waals surface area contributed by atoms with Gasteiger partial charge in [0.25, 0.3) is 0 Å². The van der Waals surface area contributed by atoms with Crippen LogP contribution in [0.2, 0.25) is 0 Å². The number of hydrogen-bond donors (Lipinski definition) is 1. The highest BCUT2D eigenvalue weighted by Crippen LogP contribution is 2.49. The van der Waals surface area contributed by atoms with Gasteiger partial charge in [0.2, 0.25) is 6.41 Å². The Kier molecular flexibility index (Phi) is 4.54. The molecular weight excluding hydrogens is 358 g/mol. The summed E-state index contributed by atoms with van der Waals surface area (Å²) in [7, 11) is 0. The lowest BCUT2D eigenvalue weighted by Crippen LogP contribution is -2.38. The van der Waals surface area contributed by atoms with Crippen molar-refractivity contribution >= 4 is 29.4 Å². The first-order valence-electron chi connectivity index (χ1n) is 8.84. The average molecular weight is 377 g/mol. The van der Waals surface area contributed by atoms with Crippen molar-refractivity contribution in [1.29, 1.82) is 0 Å². The second kappa shape index (κ2) is 7.00. The number of benzene rings is 2. The number of carbonyl (C=O) groups excluding carboxylic acids is 1. The lowest BCUT2D eigenvalue weighted by molar-refractivity contribution is -0.108. The fourth-order valence-electron chi connectivity index (χ4n) is 3.51. The number of carboxylic acid groups (broad SMARTS) is 1. The van der Waals surface area contributed by atoms with Crippen LogP contribution in [-0.2, 0) is 11.2 Å². The van der Waals surface area contributed by atoms with Crippen LogP contribution in [-0.4, -0.2) is 23.0 Å². The molecule has 0 unspecified atom stereocenters. The van der Waals surface area contributed by atoms with Crippen LogP contribution in [0.1, 0.15) is 28.1 Å². The quantitative estimate of drug-likeness (QED) is 0.599. The van der Waals surface area contributed by atoms with E-state index in [1.165, 1.54) is 11.3 Å². The van der Waals surface area contributed by atoms with Gasteiger partial charge < -0.3 is 10.0 Å². The molecule has 1 aliphatic carbocycles. The Bertz CT molecular complexity index is 962. The number of rotatable bonds is 7. The summed E-state index contributed by atoms with van der Waals surface area (Å²) in [6.45, 7) is 0. The summed E-state index contributed by atoms with van der Waals surface area (Å²) >= 11 is 1.21. The molecule has 3 aromatic rings. The highest BCUT2D eigenvalue weighted by atomic mass is 32.1. The molecule has 1 amide bonds. The van der Waals surface area contributed by atoms with E-state index < -0.39 is 5.97 Å². The third-order valence-electron chi connectivity index (χ3n) is 5.04. The molecule has 27 heavy (non-hydrogen) atoms. The van der Waals surface area contributed by atoms with E-state index in [1.807, 2.05) is 66.7 Å². The fraction of sp³-hybridized carbons (Fsp3) is 0.182. The Morgan fingerprint density at radius 3 is 2.26 bits per heavy atom. The Balaban J connectivity index is 1.73. The van der Waals surface area contributed by atoms with Gasteiger partial charge in [-0.3, -0.25) is 4.79 Å². The van der Waals surface area contributed by atoms with Gasteiger partial charge in [-0.15, -0.1) is 11.3 Å². The molecule has 0 saturated heterocycles. The lowest BCUT2D eigenvalue weighted by Gasteiger charge is -2.28. The molecule has 1 heterocycles. The highest BCUT2D eigenvalue weighted by molar-refractivity contribution is 7.18. The zero-order valence-corrected chi connectivity index (χ0v) is 15.5. The number of thiophene rings is 1. The monoisotopic (exact) mass is 377 g/mol. The molecular formula is C22H19NO3S. The Labute approximate surface area is 161 Å². The largest absolute Gasteiger partial charge is 0.477 e. The predicted molar refractivity (Wildman–Crippen MR) is 107 cm³/mol. The van der Waals surface area contributed by atoms with E-state index in [2.05, 4.69) is 0 Å². The van der Waals surface area contributed by atoms with Crippen LogP contribution in [0.25, 0.3) is 10.4 Å². The number of hydrogen-bond acceptors (Lipinski definition) is 3. The molecule has 136 valence electrons. The first-order chi connectivity index (χ1) is 13.1. The van der Waals surface area contributed by atoms with E-state index in [4.69, 9.17) is 0 Å². The summed E-state index contributed by atoms with van der Waals surface area (Å²) in [5.41, 5.74) is 2.27. The van der Waals surface area contributed by atoms with E-state index in [9.17, 15) is 14.7 Å². The maximum absolute atomic E-state index is 12.0. The fourth-order valence-corrected chi connectivity index (χ4v) is 4.50. The van der Waals surface area contributed by atoms with Crippen molar-refractivity contribution in [3.8, 4) is 10.4 Å². The van der Waals surface area contributed by atoms with Gasteiger partial charge in [-0.1, -0.05) is 60.7 Å². The number of aromatic carboxylic acids is 1. The van der Waals surface area contributed by atoms with Gasteiger partial charge in [0.15, 0.2) is 0 Å². The van der Waals surface area contributed by atoms with Crippen LogP contribution < -0.4 is 4.90 Å². The third kappa shape index (κ3) is 3.38. The molecule has 0 aliphatic heterocycles. The van der Waals surface area contributed by atoms with E-state index in [0.717, 1.165) is 41.7 Å². The number of amides is 1. The van der Waals surface area contributed by atoms with E-state index >= 15 is 0 Å². The first kappa shape index (κ1) is 17.5. The van der Waals surface area contributed by atoms with Gasteiger partial charge in [0.1, 0.15) is 4.88 Å². The third-order valence-corrected chi connectivity index (χ3v) is 6.21. The number of carbonyl (C=O) groups is 2. The molecule has 1 aromatic heterocycles. The van der Waals surface area contributed by atoms with Crippen LogP contribution in [0.3, 0.4) is 0 Å². The molecule has 4 rings (SSSR count). The molecule has 5 heteroatoms. The zero-order chi connectivity index (χ0) is 18.9. The Hall–Kier alpha value is -2.92. The predicted octanol–water partition coefficient (Wildman–Crippen LogP) is 4.85. The topological polar surface area (TPSA) is 57.6 Å². The number of carboxylic acids is 1. The molecule has 1 N–H and O–H groups in total. The van der Waals surface area contributed by atoms with E-state index in [0.29, 0.717) is 5.69 Å². The maximum Gasteiger partial charge on any atom is 0.348 e. The minimum atomic E-state index is -1.00. The summed E-state index contributed by atoms with van der Waals surface area (Å²) < 4.78 is 0. The Morgan fingerprint density at radius 2 is 1.70 bits per heavy atom. The highest BCUT2D eigenvalue weighted by Gasteiger charge is 2.49. The molecule has 0 spiro atoms. The number of nitrogens with zero attached hydrogens (tertiary/aromatic N) is 1. The SMILES string of the molecule is O=CN(c1cc(-c2ccccc2)sc1C(=O)O)C1(Cc2ccccc2)CC1. The van der Waals surface area contributed by atoms with Crippen LogP contribution in [0.5, 0.6) is 0 Å². The minimum Gasteiger partial charge on any atom is -0.477 e. The molecule has 0 atom stereocenters. The minimum absolute atomic E-state index is 0.209. The van der Waals surface area contributed by atoms with Crippen molar-refractivity contribution in [2.24, 2.45) is 0 Å². The molecule has 1 fully saturated rings. The second-order valence-corrected chi connectivity index (χ2v) is 7.91. The summed E-state index contributed by atoms with van der Waals surface area (Å²) in [6, 6.07) is 21.5. The standard InChI is InChI=1S/C22H19NO3S/c24-15-23(22(11-12-22)14-16-7-3-1-4-8-16)18-13-19(27-20(18)21(25)26)17-9-5-2-6-10-17/h1-10,13,15H,11-12,14H2,(H,25,26). The second-order valence-electron chi connectivity index (χ2n) is 6.86. The molecule has 4 nitrogen and oxygen atoms in total. The van der Waals surface area contributed by atoms with Crippen LogP contribution in [0, 0.1) is 0 Å². The van der Waals surface area contributed by atoms with Gasteiger partial charge in [-0.25, -0.2) is 4.79 Å². The average Bonchev–Trinajstić information content (AvgIpc) is 3.31. The van der Waals surface area contributed by atoms with Crippen molar-refractivity contribution < 1.29 is 14.7 Å². The Morgan fingerprint density at radius 1 is 1.07 bits per heavy atom. The van der Waals surface area contributed by atoms with Crippen LogP contribution in [0.15, 0.2) is 66.7 Å². The lowest BCUT2D eigenvalue weighted by atomic mass is 10.0.